The molecule has 1 aliphatic heterocycles. The van der Waals surface area contributed by atoms with E-state index in [0.29, 0.717) is 16.8 Å². The molecular formula is C19H17ClFN3O3S. The van der Waals surface area contributed by atoms with Crippen LogP contribution in [-0.4, -0.2) is 16.6 Å². The molecule has 3 rings (SSSR count). The van der Waals surface area contributed by atoms with Gasteiger partial charge in [-0.1, -0.05) is 11.6 Å². The lowest BCUT2D eigenvalue weighted by Gasteiger charge is -2.27. The first-order chi connectivity index (χ1) is 13.2. The highest BCUT2D eigenvalue weighted by Gasteiger charge is 2.46. The molecule has 1 fully saturated rings. The molecule has 1 amide bonds. The topological polar surface area (TPSA) is 82.4 Å². The summed E-state index contributed by atoms with van der Waals surface area (Å²) in [6.07, 6.45) is 0. The first-order valence-corrected chi connectivity index (χ1v) is 9.97. The van der Waals surface area contributed by atoms with Crippen LogP contribution in [0.1, 0.15) is 35.3 Å². The van der Waals surface area contributed by atoms with Crippen LogP contribution in [0, 0.1) is 18.3 Å². The highest BCUT2D eigenvalue weighted by atomic mass is 35.5. The van der Waals surface area contributed by atoms with E-state index in [-0.39, 0.29) is 16.5 Å². The molecule has 2 aromatic rings. The summed E-state index contributed by atoms with van der Waals surface area (Å²) in [7, 11) is 0. The molecule has 0 spiro atoms. The summed E-state index contributed by atoms with van der Waals surface area (Å²) in [5, 5.41) is 10.7. The van der Waals surface area contributed by atoms with Crippen LogP contribution < -0.4 is 9.84 Å². The van der Waals surface area contributed by atoms with E-state index in [0.717, 1.165) is 4.90 Å². The van der Waals surface area contributed by atoms with Gasteiger partial charge in [0.2, 0.25) is 0 Å². The van der Waals surface area contributed by atoms with E-state index in [1.807, 2.05) is 19.9 Å². The van der Waals surface area contributed by atoms with Crippen LogP contribution in [0.3, 0.4) is 0 Å². The number of nitrogens with zero attached hydrogens (tertiary/aromatic N) is 2. The van der Waals surface area contributed by atoms with Gasteiger partial charge in [-0.05, 0) is 62.7 Å². The van der Waals surface area contributed by atoms with Crippen molar-refractivity contribution < 1.29 is 19.1 Å². The van der Waals surface area contributed by atoms with Crippen molar-refractivity contribution in [1.82, 2.24) is 4.83 Å². The number of nitriles is 1. The molecule has 28 heavy (non-hydrogen) atoms. The zero-order chi connectivity index (χ0) is 20.6. The Morgan fingerprint density at radius 2 is 2.04 bits per heavy atom. The predicted molar refractivity (Wildman–Crippen MR) is 106 cm³/mol. The maximum atomic E-state index is 13.0. The van der Waals surface area contributed by atoms with E-state index >= 15 is 0 Å². The molecular weight excluding hydrogens is 405 g/mol. The molecule has 1 aliphatic rings. The zero-order valence-corrected chi connectivity index (χ0v) is 16.9. The van der Waals surface area contributed by atoms with Gasteiger partial charge in [0.05, 0.1) is 26.6 Å². The van der Waals surface area contributed by atoms with Crippen LogP contribution >= 0.6 is 22.7 Å². The summed E-state index contributed by atoms with van der Waals surface area (Å²) < 4.78 is 11.5. The van der Waals surface area contributed by atoms with Crippen LogP contribution in [0.2, 0.25) is 5.02 Å². The summed E-state index contributed by atoms with van der Waals surface area (Å²) in [5.41, 5.74) is 1.53. The van der Waals surface area contributed by atoms with Crippen LogP contribution in [0.15, 0.2) is 41.3 Å². The number of anilines is 1. The number of benzene rings is 2. The van der Waals surface area contributed by atoms with Crippen LogP contribution in [0.5, 0.6) is 0 Å². The van der Waals surface area contributed by atoms with E-state index in [9.17, 15) is 14.1 Å². The zero-order valence-electron chi connectivity index (χ0n) is 15.3. The molecule has 1 heterocycles. The van der Waals surface area contributed by atoms with Gasteiger partial charge in [0.15, 0.2) is 0 Å². The number of carbonyl (C=O) groups is 2. The minimum absolute atomic E-state index is 0.125. The van der Waals surface area contributed by atoms with E-state index in [1.165, 1.54) is 11.1 Å². The van der Waals surface area contributed by atoms with Gasteiger partial charge in [-0.25, -0.2) is 14.7 Å². The fraction of sp³-hybridized carbons (Fsp3) is 0.211. The molecule has 0 radical (unpaired) electrons. The maximum Gasteiger partial charge on any atom is 0.379 e. The second kappa shape index (κ2) is 7.43. The van der Waals surface area contributed by atoms with Gasteiger partial charge in [0.25, 0.3) is 5.91 Å². The highest BCUT2D eigenvalue weighted by molar-refractivity contribution is 8.17. The number of halogens is 2. The molecule has 0 saturated carbocycles. The number of hydrogen-bond acceptors (Lipinski definition) is 5. The van der Waals surface area contributed by atoms with E-state index < -0.39 is 21.8 Å². The fourth-order valence-electron chi connectivity index (χ4n) is 2.99. The smallest absolute Gasteiger partial charge is 0.271 e. The number of amides is 1. The number of carbonyl (C=O) groups excluding carboxylic acids is 2. The third-order valence-electron chi connectivity index (χ3n) is 4.57. The molecule has 1 saturated heterocycles. The van der Waals surface area contributed by atoms with Gasteiger partial charge in [0, 0.05) is 9.42 Å². The Morgan fingerprint density at radius 3 is 2.61 bits per heavy atom. The molecule has 1 atom stereocenters. The summed E-state index contributed by atoms with van der Waals surface area (Å²) in [6.45, 7) is 5.34. The lowest BCUT2D eigenvalue weighted by molar-refractivity contribution is -0.119. The van der Waals surface area contributed by atoms with Gasteiger partial charge < -0.3 is 0 Å². The quantitative estimate of drug-likeness (QED) is 0.727. The maximum absolute atomic E-state index is 13.0. The lowest BCUT2D eigenvalue weighted by Crippen LogP contribution is -2.37. The Kier molecular flexibility index (Phi) is 5.35. The average Bonchev–Trinajstić information content (AvgIpc) is 2.90. The Morgan fingerprint density at radius 1 is 1.32 bits per heavy atom. The number of aryl methyl sites for hydroxylation is 1. The van der Waals surface area contributed by atoms with Crippen molar-refractivity contribution in [3.05, 3.63) is 58.1 Å². The normalized spacial score (nSPS) is 19.4. The van der Waals surface area contributed by atoms with E-state index in [4.69, 9.17) is 16.9 Å². The van der Waals surface area contributed by atoms with Gasteiger partial charge >= 0.3 is 5.97 Å². The summed E-state index contributed by atoms with van der Waals surface area (Å²) in [4.78, 5) is 31.8. The number of rotatable bonds is 3. The number of hydrazine groups is 1. The third-order valence-corrected chi connectivity index (χ3v) is 7.39. The molecule has 6 nitrogen and oxygen atoms in total. The molecule has 0 bridgehead atoms. The molecule has 146 valence electrons. The monoisotopic (exact) mass is 421 g/mol. The largest absolute Gasteiger partial charge is 0.379 e. The number of thiol groups is 1. The van der Waals surface area contributed by atoms with Crippen LogP contribution in [-0.2, 0) is 9.74 Å². The van der Waals surface area contributed by atoms with Crippen molar-refractivity contribution in [2.75, 3.05) is 5.01 Å². The van der Waals surface area contributed by atoms with Crippen molar-refractivity contribution >= 4 is 40.2 Å². The summed E-state index contributed by atoms with van der Waals surface area (Å²) >= 11 is 4.92. The SMILES string of the molecule is Cc1cc([SH]2NN(c3ccc(C#N)c(Cl)c3)C(=O)C2(C)C)ccc1C(=O)OF. The molecule has 0 aromatic heterocycles. The van der Waals surface area contributed by atoms with Gasteiger partial charge in [-0.3, -0.25) is 4.79 Å². The average molecular weight is 422 g/mol. The first kappa shape index (κ1) is 20.1. The fourth-order valence-corrected chi connectivity index (χ4v) is 5.46. The summed E-state index contributed by atoms with van der Waals surface area (Å²) in [6, 6.07) is 11.7. The molecule has 2 aromatic carbocycles. The second-order valence-corrected chi connectivity index (χ2v) is 9.69. The third kappa shape index (κ3) is 3.33. The Balaban J connectivity index is 1.97. The standard InChI is InChI=1S/C19H17ClFN3O3S/c1-11-8-14(6-7-15(11)17(25)27-21)28-19(2,3)18(26)24(23-28)13-5-4-12(10-22)16(20)9-13/h4-9,23,28H,1-3H3. The van der Waals surface area contributed by atoms with Gasteiger partial charge in [-0.15, -0.1) is 11.1 Å². The minimum atomic E-state index is -1.19. The molecule has 0 aliphatic carbocycles. The van der Waals surface area contributed by atoms with Crippen LogP contribution in [0.25, 0.3) is 0 Å². The van der Waals surface area contributed by atoms with Crippen molar-refractivity contribution in [2.45, 2.75) is 30.4 Å². The van der Waals surface area contributed by atoms with E-state index in [1.54, 1.807) is 37.3 Å². The molecule has 9 heteroatoms. The number of hydrogen-bond donors (Lipinski definition) is 2. The minimum Gasteiger partial charge on any atom is -0.271 e. The highest BCUT2D eigenvalue weighted by Crippen LogP contribution is 2.51. The Labute approximate surface area is 169 Å². The lowest BCUT2D eigenvalue weighted by atomic mass is 10.1. The first-order valence-electron chi connectivity index (χ1n) is 8.25. The Hall–Kier alpha value is -2.60. The van der Waals surface area contributed by atoms with Crippen LogP contribution in [0.4, 0.5) is 10.2 Å². The van der Waals surface area contributed by atoms with Crippen molar-refractivity contribution in [3.63, 3.8) is 0 Å². The molecule has 1 N–H and O–H groups in total. The second-order valence-electron chi connectivity index (χ2n) is 6.77. The van der Waals surface area contributed by atoms with Gasteiger partial charge in [0.1, 0.15) is 6.07 Å². The van der Waals surface area contributed by atoms with Gasteiger partial charge in [-0.2, -0.15) is 10.1 Å². The predicted octanol–water partition coefficient (Wildman–Crippen LogP) is 4.17. The van der Waals surface area contributed by atoms with Crippen molar-refractivity contribution in [3.8, 4) is 6.07 Å². The van der Waals surface area contributed by atoms with Crippen molar-refractivity contribution in [2.24, 2.45) is 0 Å². The summed E-state index contributed by atoms with van der Waals surface area (Å²) in [5.74, 6) is -1.20. The van der Waals surface area contributed by atoms with Crippen molar-refractivity contribution in [1.29, 1.82) is 5.26 Å². The molecule has 1 unspecified atom stereocenters. The number of nitrogens with one attached hydrogen (secondary N) is 1. The van der Waals surface area contributed by atoms with E-state index in [2.05, 4.69) is 9.77 Å². The Bertz CT molecular complexity index is 1020.